The Morgan fingerprint density at radius 1 is 1.03 bits per heavy atom. The Balaban J connectivity index is 1.51. The van der Waals surface area contributed by atoms with Gasteiger partial charge >= 0.3 is 0 Å². The lowest BCUT2D eigenvalue weighted by molar-refractivity contribution is 0.0329. The van der Waals surface area contributed by atoms with E-state index in [1.54, 1.807) is 7.11 Å². The van der Waals surface area contributed by atoms with E-state index in [4.69, 9.17) is 9.47 Å². The Bertz CT molecular complexity index is 754. The molecular formula is C26H37NO3. The largest absolute Gasteiger partial charge is 0.496 e. The first-order valence-corrected chi connectivity index (χ1v) is 11.3. The predicted molar refractivity (Wildman–Crippen MR) is 122 cm³/mol. The summed E-state index contributed by atoms with van der Waals surface area (Å²) in [5, 5.41) is 10.1. The third-order valence-electron chi connectivity index (χ3n) is 6.48. The van der Waals surface area contributed by atoms with E-state index in [-0.39, 0.29) is 5.41 Å². The fraction of sp³-hybridized carbons (Fsp3) is 0.538. The van der Waals surface area contributed by atoms with E-state index in [9.17, 15) is 5.11 Å². The van der Waals surface area contributed by atoms with Crippen molar-refractivity contribution < 1.29 is 14.6 Å². The van der Waals surface area contributed by atoms with Gasteiger partial charge in [-0.1, -0.05) is 36.4 Å². The number of benzene rings is 2. The van der Waals surface area contributed by atoms with Crippen molar-refractivity contribution in [3.05, 3.63) is 65.2 Å². The molecule has 2 aromatic carbocycles. The fourth-order valence-electron chi connectivity index (χ4n) is 4.50. The molecule has 4 nitrogen and oxygen atoms in total. The number of likely N-dealkylation sites (tertiary alicyclic amines) is 1. The number of hydrogen-bond acceptors (Lipinski definition) is 4. The molecule has 0 bridgehead atoms. The lowest BCUT2D eigenvalue weighted by Gasteiger charge is -2.41. The summed E-state index contributed by atoms with van der Waals surface area (Å²) in [6.07, 6.45) is 5.48. The summed E-state index contributed by atoms with van der Waals surface area (Å²) in [4.78, 5) is 2.51. The van der Waals surface area contributed by atoms with Gasteiger partial charge in [0.25, 0.3) is 0 Å². The number of ether oxygens (including phenoxy) is 2. The Labute approximate surface area is 181 Å². The lowest BCUT2D eigenvalue weighted by Crippen LogP contribution is -2.41. The molecule has 0 radical (unpaired) electrons. The molecule has 0 saturated carbocycles. The topological polar surface area (TPSA) is 41.9 Å². The molecule has 1 aliphatic rings. The number of methoxy groups -OCH3 is 1. The van der Waals surface area contributed by atoms with Crippen molar-refractivity contribution in [3.8, 4) is 5.75 Å². The van der Waals surface area contributed by atoms with E-state index in [1.807, 2.05) is 6.92 Å². The van der Waals surface area contributed by atoms with Crippen LogP contribution in [0, 0.1) is 5.41 Å². The van der Waals surface area contributed by atoms with Gasteiger partial charge in [-0.3, -0.25) is 4.90 Å². The van der Waals surface area contributed by atoms with Crippen molar-refractivity contribution in [1.29, 1.82) is 0 Å². The summed E-state index contributed by atoms with van der Waals surface area (Å²) in [5.41, 5.74) is 3.89. The van der Waals surface area contributed by atoms with Crippen LogP contribution >= 0.6 is 0 Å². The van der Waals surface area contributed by atoms with Gasteiger partial charge in [0, 0.05) is 25.3 Å². The van der Waals surface area contributed by atoms with Crippen LogP contribution in [0.1, 0.15) is 49.3 Å². The normalized spacial score (nSPS) is 16.5. The lowest BCUT2D eigenvalue weighted by atomic mass is 9.75. The quantitative estimate of drug-likeness (QED) is 0.575. The van der Waals surface area contributed by atoms with Crippen LogP contribution in [0.15, 0.2) is 48.5 Å². The van der Waals surface area contributed by atoms with E-state index in [1.165, 1.54) is 11.1 Å². The zero-order valence-electron chi connectivity index (χ0n) is 18.6. The van der Waals surface area contributed by atoms with E-state index in [0.717, 1.165) is 63.1 Å². The molecule has 164 valence electrons. The zero-order chi connectivity index (χ0) is 21.2. The van der Waals surface area contributed by atoms with E-state index in [0.29, 0.717) is 19.8 Å². The highest BCUT2D eigenvalue weighted by Gasteiger charge is 2.33. The summed E-state index contributed by atoms with van der Waals surface area (Å²) in [7, 11) is 1.71. The SMILES string of the molecule is CCOCc1cc(CN2CCC(CO)(CCCc3ccccc3)CC2)ccc1OC. The van der Waals surface area contributed by atoms with E-state index < -0.39 is 0 Å². The number of aryl methyl sites for hydroxylation is 1. The standard InChI is InChI=1S/C26H37NO3/c1-3-30-20-24-18-23(11-12-25(24)29-2)19-27-16-14-26(21-28,15-17-27)13-7-10-22-8-5-4-6-9-22/h4-6,8-9,11-12,18,28H,3,7,10,13-17,19-21H2,1-2H3. The smallest absolute Gasteiger partial charge is 0.124 e. The van der Waals surface area contributed by atoms with Crippen molar-refractivity contribution >= 4 is 0 Å². The molecule has 0 atom stereocenters. The Kier molecular flexibility index (Phi) is 8.74. The van der Waals surface area contributed by atoms with Gasteiger partial charge in [0.1, 0.15) is 5.75 Å². The van der Waals surface area contributed by atoms with Gasteiger partial charge in [-0.05, 0) is 80.8 Å². The monoisotopic (exact) mass is 411 g/mol. The van der Waals surface area contributed by atoms with Gasteiger partial charge in [-0.25, -0.2) is 0 Å². The van der Waals surface area contributed by atoms with Crippen LogP contribution in [0.2, 0.25) is 0 Å². The second-order valence-electron chi connectivity index (χ2n) is 8.56. The molecule has 1 N–H and O–H groups in total. The molecule has 1 heterocycles. The molecule has 1 saturated heterocycles. The second kappa shape index (κ2) is 11.5. The van der Waals surface area contributed by atoms with Gasteiger partial charge in [0.15, 0.2) is 0 Å². The summed E-state index contributed by atoms with van der Waals surface area (Å²) >= 11 is 0. The number of piperidine rings is 1. The van der Waals surface area contributed by atoms with Crippen molar-refractivity contribution in [2.45, 2.75) is 52.2 Å². The molecule has 0 aromatic heterocycles. The first kappa shape index (κ1) is 22.8. The predicted octanol–water partition coefficient (Wildman–Crippen LogP) is 4.83. The average molecular weight is 412 g/mol. The summed E-state index contributed by atoms with van der Waals surface area (Å²) in [6.45, 7) is 6.62. The van der Waals surface area contributed by atoms with Crippen LogP contribution in [-0.2, 0) is 24.3 Å². The highest BCUT2D eigenvalue weighted by Crippen LogP contribution is 2.36. The highest BCUT2D eigenvalue weighted by atomic mass is 16.5. The number of aliphatic hydroxyl groups excluding tert-OH is 1. The van der Waals surface area contributed by atoms with Crippen LogP contribution in [0.4, 0.5) is 0 Å². The molecule has 0 aliphatic carbocycles. The third kappa shape index (κ3) is 6.31. The van der Waals surface area contributed by atoms with Crippen LogP contribution in [0.25, 0.3) is 0 Å². The van der Waals surface area contributed by atoms with Crippen LogP contribution in [0.5, 0.6) is 5.75 Å². The molecule has 1 aliphatic heterocycles. The first-order chi connectivity index (χ1) is 14.7. The molecule has 0 amide bonds. The highest BCUT2D eigenvalue weighted by molar-refractivity contribution is 5.37. The third-order valence-corrected chi connectivity index (χ3v) is 6.48. The van der Waals surface area contributed by atoms with Gasteiger partial charge in [0.05, 0.1) is 13.7 Å². The maximum absolute atomic E-state index is 10.1. The molecular weight excluding hydrogens is 374 g/mol. The van der Waals surface area contributed by atoms with Gasteiger partial charge < -0.3 is 14.6 Å². The van der Waals surface area contributed by atoms with Gasteiger partial charge in [0.2, 0.25) is 0 Å². The Hall–Kier alpha value is -1.88. The number of nitrogens with zero attached hydrogens (tertiary/aromatic N) is 1. The molecule has 30 heavy (non-hydrogen) atoms. The van der Waals surface area contributed by atoms with Crippen LogP contribution in [0.3, 0.4) is 0 Å². The minimum atomic E-state index is 0.0886. The molecule has 3 rings (SSSR count). The van der Waals surface area contributed by atoms with Crippen molar-refractivity contribution in [2.75, 3.05) is 33.4 Å². The summed E-state index contributed by atoms with van der Waals surface area (Å²) in [5.74, 6) is 0.892. The Morgan fingerprint density at radius 2 is 1.80 bits per heavy atom. The number of hydrogen-bond donors (Lipinski definition) is 1. The minimum Gasteiger partial charge on any atom is -0.496 e. The maximum atomic E-state index is 10.1. The number of rotatable bonds is 11. The van der Waals surface area contributed by atoms with Crippen molar-refractivity contribution in [2.24, 2.45) is 5.41 Å². The van der Waals surface area contributed by atoms with Crippen LogP contribution < -0.4 is 4.74 Å². The molecule has 0 unspecified atom stereocenters. The van der Waals surface area contributed by atoms with Gasteiger partial charge in [-0.15, -0.1) is 0 Å². The Morgan fingerprint density at radius 3 is 2.47 bits per heavy atom. The molecule has 4 heteroatoms. The molecule has 1 fully saturated rings. The average Bonchev–Trinajstić information content (AvgIpc) is 2.80. The van der Waals surface area contributed by atoms with Crippen molar-refractivity contribution in [1.82, 2.24) is 4.90 Å². The van der Waals surface area contributed by atoms with Crippen molar-refractivity contribution in [3.63, 3.8) is 0 Å². The van der Waals surface area contributed by atoms with E-state index in [2.05, 4.69) is 53.4 Å². The summed E-state index contributed by atoms with van der Waals surface area (Å²) < 4.78 is 11.1. The zero-order valence-corrected chi connectivity index (χ0v) is 18.6. The summed E-state index contributed by atoms with van der Waals surface area (Å²) in [6, 6.07) is 17.1. The fourth-order valence-corrected chi connectivity index (χ4v) is 4.50. The molecule has 0 spiro atoms. The van der Waals surface area contributed by atoms with E-state index >= 15 is 0 Å². The van der Waals surface area contributed by atoms with Crippen LogP contribution in [-0.4, -0.2) is 43.4 Å². The van der Waals surface area contributed by atoms with Gasteiger partial charge in [-0.2, -0.15) is 0 Å². The molecule has 2 aromatic rings. The first-order valence-electron chi connectivity index (χ1n) is 11.3. The second-order valence-corrected chi connectivity index (χ2v) is 8.56. The number of aliphatic hydroxyl groups is 1. The minimum absolute atomic E-state index is 0.0886. The maximum Gasteiger partial charge on any atom is 0.124 e.